The number of benzene rings is 1. The third kappa shape index (κ3) is 9.59. The average Bonchev–Trinajstić information content (AvgIpc) is 2.75. The number of nitrogens with two attached hydrogens (primary N) is 2. The number of hydrogen-bond donors (Lipinski definition) is 8. The van der Waals surface area contributed by atoms with Crippen molar-refractivity contribution >= 4 is 29.6 Å². The van der Waals surface area contributed by atoms with Gasteiger partial charge in [0.25, 0.3) is 0 Å². The van der Waals surface area contributed by atoms with Crippen LogP contribution in [0.25, 0.3) is 0 Å². The minimum atomic E-state index is -1.59. The van der Waals surface area contributed by atoms with E-state index in [0.717, 1.165) is 0 Å². The van der Waals surface area contributed by atoms with E-state index in [1.807, 2.05) is 0 Å². The fourth-order valence-electron chi connectivity index (χ4n) is 3.08. The molecule has 0 aliphatic heterocycles. The summed E-state index contributed by atoms with van der Waals surface area (Å²) in [6, 6.07) is 0.629. The SMILES string of the molecule is CC(C)C(NC(=O)C(NC(=O)C(N)Cc1ccc(O)cc1)C(C)O)C(=O)NC(CC(N)=O)C(=O)O. The van der Waals surface area contributed by atoms with E-state index in [9.17, 15) is 39.3 Å². The van der Waals surface area contributed by atoms with Gasteiger partial charge >= 0.3 is 5.97 Å². The largest absolute Gasteiger partial charge is 0.508 e. The van der Waals surface area contributed by atoms with E-state index >= 15 is 0 Å². The average molecular weight is 496 g/mol. The van der Waals surface area contributed by atoms with E-state index in [1.54, 1.807) is 26.0 Å². The monoisotopic (exact) mass is 495 g/mol. The molecule has 0 spiro atoms. The number of amides is 4. The molecule has 5 atom stereocenters. The Labute approximate surface area is 202 Å². The lowest BCUT2D eigenvalue weighted by atomic mass is 10.0. The smallest absolute Gasteiger partial charge is 0.326 e. The zero-order valence-corrected chi connectivity index (χ0v) is 19.7. The van der Waals surface area contributed by atoms with Crippen molar-refractivity contribution in [1.82, 2.24) is 16.0 Å². The summed E-state index contributed by atoms with van der Waals surface area (Å²) in [7, 11) is 0. The molecular formula is C22H33N5O8. The van der Waals surface area contributed by atoms with E-state index in [4.69, 9.17) is 11.5 Å². The molecule has 35 heavy (non-hydrogen) atoms. The Morgan fingerprint density at radius 2 is 1.40 bits per heavy atom. The van der Waals surface area contributed by atoms with Gasteiger partial charge in [-0.15, -0.1) is 0 Å². The molecule has 0 aliphatic carbocycles. The summed E-state index contributed by atoms with van der Waals surface area (Å²) in [5.74, 6) is -5.43. The van der Waals surface area contributed by atoms with Crippen LogP contribution in [-0.4, -0.2) is 75.2 Å². The van der Waals surface area contributed by atoms with Crippen molar-refractivity contribution in [3.8, 4) is 5.75 Å². The predicted octanol–water partition coefficient (Wildman–Crippen LogP) is -2.29. The number of carbonyl (C=O) groups excluding carboxylic acids is 4. The number of primary amides is 1. The maximum absolute atomic E-state index is 12.8. The number of hydrogen-bond acceptors (Lipinski definition) is 8. The normalized spacial score (nSPS) is 15.3. The zero-order chi connectivity index (χ0) is 26.9. The maximum atomic E-state index is 12.8. The lowest BCUT2D eigenvalue weighted by Gasteiger charge is -2.28. The van der Waals surface area contributed by atoms with Crippen molar-refractivity contribution < 1.29 is 39.3 Å². The Morgan fingerprint density at radius 3 is 1.86 bits per heavy atom. The van der Waals surface area contributed by atoms with Crippen LogP contribution in [0.1, 0.15) is 32.8 Å². The molecule has 1 rings (SSSR count). The van der Waals surface area contributed by atoms with Gasteiger partial charge in [0, 0.05) is 0 Å². The summed E-state index contributed by atoms with van der Waals surface area (Å²) in [6.07, 6.45) is -1.92. The number of aliphatic hydroxyl groups is 1. The van der Waals surface area contributed by atoms with Gasteiger partial charge in [0.2, 0.25) is 23.6 Å². The van der Waals surface area contributed by atoms with Crippen molar-refractivity contribution in [3.63, 3.8) is 0 Å². The third-order valence-electron chi connectivity index (χ3n) is 5.06. The van der Waals surface area contributed by atoms with E-state index in [1.165, 1.54) is 19.1 Å². The minimum absolute atomic E-state index is 0.0469. The summed E-state index contributed by atoms with van der Waals surface area (Å²) in [5, 5.41) is 35.5. The molecule has 0 saturated carbocycles. The number of carboxylic acid groups (broad SMARTS) is 1. The number of nitrogens with one attached hydrogen (secondary N) is 3. The van der Waals surface area contributed by atoms with Crippen molar-refractivity contribution in [2.24, 2.45) is 17.4 Å². The second-order valence-electron chi connectivity index (χ2n) is 8.50. The highest BCUT2D eigenvalue weighted by Crippen LogP contribution is 2.11. The van der Waals surface area contributed by atoms with Gasteiger partial charge in [0.05, 0.1) is 18.6 Å². The molecule has 1 aromatic carbocycles. The first-order chi connectivity index (χ1) is 16.2. The number of carbonyl (C=O) groups is 5. The highest BCUT2D eigenvalue weighted by molar-refractivity contribution is 5.95. The fraction of sp³-hybridized carbons (Fsp3) is 0.500. The van der Waals surface area contributed by atoms with Crippen LogP contribution in [-0.2, 0) is 30.4 Å². The van der Waals surface area contributed by atoms with Crippen molar-refractivity contribution in [3.05, 3.63) is 29.8 Å². The molecule has 0 bridgehead atoms. The summed E-state index contributed by atoms with van der Waals surface area (Å²) in [6.45, 7) is 4.42. The fourth-order valence-corrected chi connectivity index (χ4v) is 3.08. The van der Waals surface area contributed by atoms with E-state index in [0.29, 0.717) is 5.56 Å². The van der Waals surface area contributed by atoms with Crippen LogP contribution in [0.2, 0.25) is 0 Å². The van der Waals surface area contributed by atoms with Gasteiger partial charge < -0.3 is 42.7 Å². The molecular weight excluding hydrogens is 462 g/mol. The number of phenolic OH excluding ortho intramolecular Hbond substituents is 1. The van der Waals surface area contributed by atoms with Crippen LogP contribution in [0.3, 0.4) is 0 Å². The molecule has 5 unspecified atom stereocenters. The number of phenols is 1. The molecule has 0 saturated heterocycles. The minimum Gasteiger partial charge on any atom is -0.508 e. The van der Waals surface area contributed by atoms with E-state index < -0.39 is 72.2 Å². The molecule has 4 amide bonds. The predicted molar refractivity (Wildman–Crippen MR) is 124 cm³/mol. The summed E-state index contributed by atoms with van der Waals surface area (Å²) in [5.41, 5.74) is 11.6. The number of rotatable bonds is 13. The molecule has 0 aliphatic rings. The zero-order valence-electron chi connectivity index (χ0n) is 19.7. The van der Waals surface area contributed by atoms with Gasteiger partial charge in [0.1, 0.15) is 23.9 Å². The molecule has 0 radical (unpaired) electrons. The van der Waals surface area contributed by atoms with Crippen LogP contribution < -0.4 is 27.4 Å². The summed E-state index contributed by atoms with van der Waals surface area (Å²) in [4.78, 5) is 60.4. The highest BCUT2D eigenvalue weighted by Gasteiger charge is 2.34. The Hall–Kier alpha value is -3.71. The summed E-state index contributed by atoms with van der Waals surface area (Å²) >= 11 is 0. The number of aliphatic hydroxyl groups excluding tert-OH is 1. The first kappa shape index (κ1) is 29.3. The maximum Gasteiger partial charge on any atom is 0.326 e. The Bertz CT molecular complexity index is 919. The van der Waals surface area contributed by atoms with Crippen LogP contribution in [0.5, 0.6) is 5.75 Å². The number of carboxylic acids is 1. The Balaban J connectivity index is 2.89. The van der Waals surface area contributed by atoms with E-state index in [2.05, 4.69) is 16.0 Å². The summed E-state index contributed by atoms with van der Waals surface area (Å²) < 4.78 is 0. The molecule has 1 aromatic rings. The molecule has 13 nitrogen and oxygen atoms in total. The topological polar surface area (TPSA) is 234 Å². The highest BCUT2D eigenvalue weighted by atomic mass is 16.4. The second-order valence-corrected chi connectivity index (χ2v) is 8.50. The quantitative estimate of drug-likeness (QED) is 0.147. The van der Waals surface area contributed by atoms with Gasteiger partial charge in [-0.3, -0.25) is 19.2 Å². The van der Waals surface area contributed by atoms with E-state index in [-0.39, 0.29) is 12.2 Å². The molecule has 0 heterocycles. The molecule has 10 N–H and O–H groups in total. The second kappa shape index (κ2) is 13.2. The van der Waals surface area contributed by atoms with Gasteiger partial charge in [-0.05, 0) is 37.0 Å². The van der Waals surface area contributed by atoms with Crippen molar-refractivity contribution in [1.29, 1.82) is 0 Å². The van der Waals surface area contributed by atoms with Crippen LogP contribution in [0.15, 0.2) is 24.3 Å². The molecule has 0 aromatic heterocycles. The number of aliphatic carboxylic acids is 1. The van der Waals surface area contributed by atoms with Gasteiger partial charge in [-0.1, -0.05) is 26.0 Å². The standard InChI is InChI=1S/C22H33N5O8/c1-10(2)17(20(32)25-15(22(34)35)9-16(24)30)26-21(33)18(11(3)28)27-19(31)14(23)8-12-4-6-13(29)7-5-12/h4-7,10-11,14-15,17-18,28-29H,8-9,23H2,1-3H3,(H2,24,30)(H,25,32)(H,26,33)(H,27,31)(H,34,35). The third-order valence-corrected chi connectivity index (χ3v) is 5.06. The molecule has 194 valence electrons. The van der Waals surface area contributed by atoms with Crippen LogP contribution in [0, 0.1) is 5.92 Å². The molecule has 13 heteroatoms. The lowest BCUT2D eigenvalue weighted by Crippen LogP contribution is -2.61. The van der Waals surface area contributed by atoms with Crippen molar-refractivity contribution in [2.45, 2.75) is 63.9 Å². The number of aromatic hydroxyl groups is 1. The van der Waals surface area contributed by atoms with Crippen molar-refractivity contribution in [2.75, 3.05) is 0 Å². The van der Waals surface area contributed by atoms with Crippen LogP contribution >= 0.6 is 0 Å². The Kier molecular flexibility index (Phi) is 11.1. The van der Waals surface area contributed by atoms with Gasteiger partial charge in [0.15, 0.2) is 0 Å². The first-order valence-corrected chi connectivity index (χ1v) is 10.9. The lowest BCUT2D eigenvalue weighted by molar-refractivity contribution is -0.144. The van der Waals surface area contributed by atoms with Gasteiger partial charge in [-0.25, -0.2) is 4.79 Å². The van der Waals surface area contributed by atoms with Crippen LogP contribution in [0.4, 0.5) is 0 Å². The molecule has 0 fully saturated rings. The first-order valence-electron chi connectivity index (χ1n) is 10.9. The van der Waals surface area contributed by atoms with Gasteiger partial charge in [-0.2, -0.15) is 0 Å². The Morgan fingerprint density at radius 1 is 0.886 bits per heavy atom.